The third kappa shape index (κ3) is 3.73. The van der Waals surface area contributed by atoms with Crippen molar-refractivity contribution in [1.82, 2.24) is 0 Å². The average Bonchev–Trinajstić information content (AvgIpc) is 3.24. The molecular weight excluding hydrogens is 292 g/mol. The molecule has 1 fully saturated rings. The van der Waals surface area contributed by atoms with Crippen molar-refractivity contribution in [2.75, 3.05) is 12.9 Å². The fraction of sp³-hybridized carbons (Fsp3) is 0.429. The Morgan fingerprint density at radius 2 is 2.29 bits per heavy atom. The lowest BCUT2D eigenvalue weighted by molar-refractivity contribution is -0.387. The van der Waals surface area contributed by atoms with Gasteiger partial charge in [-0.15, -0.1) is 11.8 Å². The number of nitrogens with zero attached hydrogens (tertiary/aromatic N) is 2. The van der Waals surface area contributed by atoms with Crippen LogP contribution in [0, 0.1) is 26.9 Å². The van der Waals surface area contributed by atoms with E-state index >= 15 is 0 Å². The number of nitriles is 1. The normalized spacial score (nSPS) is 15.0. The number of hydrogen-bond acceptors (Lipinski definition) is 6. The van der Waals surface area contributed by atoms with Crippen LogP contribution in [0.5, 0.6) is 0 Å². The average molecular weight is 306 g/mol. The maximum absolute atomic E-state index is 11.4. The lowest BCUT2D eigenvalue weighted by Gasteiger charge is -2.13. The summed E-state index contributed by atoms with van der Waals surface area (Å²) in [5, 5.41) is 19.9. The maximum Gasteiger partial charge on any atom is 0.306 e. The van der Waals surface area contributed by atoms with Gasteiger partial charge in [0.25, 0.3) is 5.69 Å². The first-order valence-electron chi connectivity index (χ1n) is 6.38. The second-order valence-electron chi connectivity index (χ2n) is 5.09. The molecule has 0 bridgehead atoms. The number of methoxy groups -OCH3 is 1. The molecule has 1 aromatic carbocycles. The van der Waals surface area contributed by atoms with E-state index in [1.165, 1.54) is 37.1 Å². The second-order valence-corrected chi connectivity index (χ2v) is 6.11. The molecule has 0 aliphatic heterocycles. The van der Waals surface area contributed by atoms with E-state index in [1.807, 2.05) is 6.07 Å². The Morgan fingerprint density at radius 1 is 1.57 bits per heavy atom. The van der Waals surface area contributed by atoms with E-state index in [2.05, 4.69) is 4.74 Å². The van der Waals surface area contributed by atoms with Crippen LogP contribution in [0.3, 0.4) is 0 Å². The third-order valence-electron chi connectivity index (χ3n) is 3.52. The number of thioether (sulfide) groups is 1. The topological polar surface area (TPSA) is 93.2 Å². The molecule has 0 amide bonds. The summed E-state index contributed by atoms with van der Waals surface area (Å²) >= 11 is 1.33. The molecule has 0 spiro atoms. The lowest BCUT2D eigenvalue weighted by Crippen LogP contribution is -2.13. The molecule has 0 saturated heterocycles. The van der Waals surface area contributed by atoms with Crippen LogP contribution in [-0.2, 0) is 9.53 Å². The first-order valence-corrected chi connectivity index (χ1v) is 7.36. The molecule has 0 aromatic heterocycles. The van der Waals surface area contributed by atoms with Crippen LogP contribution < -0.4 is 0 Å². The molecule has 0 N–H and O–H groups in total. The predicted molar refractivity (Wildman–Crippen MR) is 76.8 cm³/mol. The zero-order chi connectivity index (χ0) is 15.5. The van der Waals surface area contributed by atoms with E-state index < -0.39 is 4.92 Å². The van der Waals surface area contributed by atoms with Crippen LogP contribution in [0.2, 0.25) is 0 Å². The van der Waals surface area contributed by atoms with Crippen molar-refractivity contribution in [3.63, 3.8) is 0 Å². The van der Waals surface area contributed by atoms with E-state index in [-0.39, 0.29) is 17.1 Å². The van der Waals surface area contributed by atoms with Crippen molar-refractivity contribution < 1.29 is 14.5 Å². The largest absolute Gasteiger partial charge is 0.469 e. The smallest absolute Gasteiger partial charge is 0.306 e. The molecule has 2 rings (SSSR count). The van der Waals surface area contributed by atoms with Crippen LogP contribution in [0.25, 0.3) is 0 Å². The van der Waals surface area contributed by atoms with Gasteiger partial charge in [0.15, 0.2) is 0 Å². The first kappa shape index (κ1) is 15.3. The van der Waals surface area contributed by atoms with Crippen LogP contribution in [0.15, 0.2) is 23.1 Å². The number of carbonyl (C=O) groups is 1. The summed E-state index contributed by atoms with van der Waals surface area (Å²) in [5.41, 5.74) is 0.266. The summed E-state index contributed by atoms with van der Waals surface area (Å²) < 4.78 is 4.68. The monoisotopic (exact) mass is 306 g/mol. The summed E-state index contributed by atoms with van der Waals surface area (Å²) in [5.74, 6) is 0.353. The molecule has 110 valence electrons. The molecule has 1 aromatic rings. The summed E-state index contributed by atoms with van der Waals surface area (Å²) in [7, 11) is 1.35. The fourth-order valence-electron chi connectivity index (χ4n) is 2.01. The minimum atomic E-state index is -0.455. The molecule has 0 heterocycles. The summed E-state index contributed by atoms with van der Waals surface area (Å²) in [6.07, 6.45) is 2.17. The summed E-state index contributed by atoms with van der Waals surface area (Å²) in [6.45, 7) is 0. The molecule has 1 aliphatic carbocycles. The Bertz CT molecular complexity index is 620. The summed E-state index contributed by atoms with van der Waals surface area (Å²) in [6, 6.07) is 6.28. The number of nitro benzene ring substituents is 1. The number of carbonyl (C=O) groups excluding carboxylic acids is 1. The molecule has 7 heteroatoms. The highest BCUT2D eigenvalue weighted by Crippen LogP contribution is 2.52. The number of esters is 1. The highest BCUT2D eigenvalue weighted by Gasteiger charge is 2.44. The number of ether oxygens (including phenoxy) is 1. The van der Waals surface area contributed by atoms with E-state index in [4.69, 9.17) is 5.26 Å². The predicted octanol–water partition coefficient (Wildman–Crippen LogP) is 2.90. The second kappa shape index (κ2) is 6.14. The van der Waals surface area contributed by atoms with Crippen molar-refractivity contribution in [1.29, 1.82) is 5.26 Å². The van der Waals surface area contributed by atoms with Crippen molar-refractivity contribution >= 4 is 23.4 Å². The molecule has 0 unspecified atom stereocenters. The zero-order valence-electron chi connectivity index (χ0n) is 11.5. The van der Waals surface area contributed by atoms with Gasteiger partial charge in [-0.3, -0.25) is 14.9 Å². The van der Waals surface area contributed by atoms with Gasteiger partial charge in [0.1, 0.15) is 0 Å². The first-order chi connectivity index (χ1) is 9.99. The number of rotatable bonds is 6. The molecule has 0 atom stereocenters. The molecule has 6 nitrogen and oxygen atoms in total. The van der Waals surface area contributed by atoms with Crippen molar-refractivity contribution in [3.05, 3.63) is 33.9 Å². The van der Waals surface area contributed by atoms with Gasteiger partial charge in [-0.1, -0.05) is 0 Å². The third-order valence-corrected chi connectivity index (χ3v) is 4.92. The van der Waals surface area contributed by atoms with Gasteiger partial charge in [0, 0.05) is 11.8 Å². The van der Waals surface area contributed by atoms with Gasteiger partial charge in [-0.25, -0.2) is 0 Å². The Labute approximate surface area is 126 Å². The Balaban J connectivity index is 2.11. The van der Waals surface area contributed by atoms with Crippen LogP contribution >= 0.6 is 11.8 Å². The molecule has 0 radical (unpaired) electrons. The SMILES string of the molecule is COC(=O)CC1(CSc2cc(C#N)ccc2[N+](=O)[O-])CC1. The van der Waals surface area contributed by atoms with E-state index in [1.54, 1.807) is 0 Å². The highest BCUT2D eigenvalue weighted by atomic mass is 32.2. The highest BCUT2D eigenvalue weighted by molar-refractivity contribution is 7.99. The van der Waals surface area contributed by atoms with Crippen LogP contribution in [0.1, 0.15) is 24.8 Å². The van der Waals surface area contributed by atoms with Crippen molar-refractivity contribution in [3.8, 4) is 6.07 Å². The van der Waals surface area contributed by atoms with E-state index in [0.29, 0.717) is 22.6 Å². The number of hydrogen-bond donors (Lipinski definition) is 0. The lowest BCUT2D eigenvalue weighted by atomic mass is 10.1. The van der Waals surface area contributed by atoms with Gasteiger partial charge in [-0.2, -0.15) is 5.26 Å². The van der Waals surface area contributed by atoms with Gasteiger partial charge in [-0.05, 0) is 30.4 Å². The van der Waals surface area contributed by atoms with Gasteiger partial charge >= 0.3 is 5.97 Å². The molecule has 21 heavy (non-hydrogen) atoms. The quantitative estimate of drug-likeness (QED) is 0.347. The minimum Gasteiger partial charge on any atom is -0.469 e. The Morgan fingerprint density at radius 3 is 2.81 bits per heavy atom. The Kier molecular flexibility index (Phi) is 4.48. The zero-order valence-corrected chi connectivity index (χ0v) is 12.3. The fourth-order valence-corrected chi connectivity index (χ4v) is 3.36. The Hall–Kier alpha value is -2.07. The van der Waals surface area contributed by atoms with Gasteiger partial charge in [0.2, 0.25) is 0 Å². The van der Waals surface area contributed by atoms with Gasteiger partial charge < -0.3 is 4.74 Å². The van der Waals surface area contributed by atoms with Gasteiger partial charge in [0.05, 0.1) is 35.0 Å². The molecule has 1 saturated carbocycles. The minimum absolute atomic E-state index is 0.00660. The van der Waals surface area contributed by atoms with Crippen molar-refractivity contribution in [2.24, 2.45) is 5.41 Å². The number of nitro groups is 1. The maximum atomic E-state index is 11.4. The van der Waals surface area contributed by atoms with Crippen LogP contribution in [-0.4, -0.2) is 23.8 Å². The molecule has 1 aliphatic rings. The summed E-state index contributed by atoms with van der Waals surface area (Å²) in [4.78, 5) is 22.4. The number of benzene rings is 1. The van der Waals surface area contributed by atoms with Crippen molar-refractivity contribution in [2.45, 2.75) is 24.2 Å². The van der Waals surface area contributed by atoms with E-state index in [0.717, 1.165) is 12.8 Å². The van der Waals surface area contributed by atoms with Crippen LogP contribution in [0.4, 0.5) is 5.69 Å². The standard InChI is InChI=1S/C14H14N2O4S/c1-20-13(17)7-14(4-5-14)9-21-12-6-10(8-15)2-3-11(12)16(18)19/h2-3,6H,4-5,7,9H2,1H3. The molecular formula is C14H14N2O4S. The van der Waals surface area contributed by atoms with E-state index in [9.17, 15) is 14.9 Å².